The molecule has 0 aliphatic heterocycles. The average molecular weight is 280 g/mol. The van der Waals surface area contributed by atoms with Gasteiger partial charge in [0.2, 0.25) is 5.76 Å². The molecular formula is C12H12N2O4S. The second kappa shape index (κ2) is 5.66. The number of carbonyl (C=O) groups excluding carboxylic acids is 1. The molecule has 0 aliphatic rings. The smallest absolute Gasteiger partial charge is 0.371 e. The summed E-state index contributed by atoms with van der Waals surface area (Å²) in [4.78, 5) is 27.6. The molecule has 2 heterocycles. The molecule has 2 rings (SSSR count). The molecule has 0 aliphatic carbocycles. The van der Waals surface area contributed by atoms with Crippen LogP contribution in [0.4, 0.5) is 0 Å². The Kier molecular flexibility index (Phi) is 3.96. The maximum atomic E-state index is 11.7. The quantitative estimate of drug-likeness (QED) is 0.873. The van der Waals surface area contributed by atoms with Crippen molar-refractivity contribution >= 4 is 23.2 Å². The van der Waals surface area contributed by atoms with E-state index >= 15 is 0 Å². The second-order valence-corrected chi connectivity index (χ2v) is 4.93. The van der Waals surface area contributed by atoms with E-state index in [4.69, 9.17) is 9.52 Å². The highest BCUT2D eigenvalue weighted by Gasteiger charge is 2.14. The summed E-state index contributed by atoms with van der Waals surface area (Å²) in [5.41, 5.74) is 0. The Morgan fingerprint density at radius 2 is 2.16 bits per heavy atom. The van der Waals surface area contributed by atoms with Gasteiger partial charge in [-0.25, -0.2) is 9.78 Å². The molecule has 6 nitrogen and oxygen atoms in total. The summed E-state index contributed by atoms with van der Waals surface area (Å²) >= 11 is 1.53. The lowest BCUT2D eigenvalue weighted by molar-refractivity contribution is 0.0659. The predicted octanol–water partition coefficient (Wildman–Crippen LogP) is 1.93. The first kappa shape index (κ1) is 13.3. The van der Waals surface area contributed by atoms with Gasteiger partial charge in [0.25, 0.3) is 5.91 Å². The van der Waals surface area contributed by atoms with Gasteiger partial charge in [-0.05, 0) is 18.6 Å². The molecule has 1 amide bonds. The molecule has 0 fully saturated rings. The van der Waals surface area contributed by atoms with Gasteiger partial charge < -0.3 is 14.8 Å². The third-order valence-electron chi connectivity index (χ3n) is 2.39. The van der Waals surface area contributed by atoms with Crippen LogP contribution in [0.5, 0.6) is 0 Å². The number of carboxylic acid groups (broad SMARTS) is 1. The molecule has 0 spiro atoms. The van der Waals surface area contributed by atoms with Gasteiger partial charge in [0, 0.05) is 11.1 Å². The molecule has 0 bridgehead atoms. The number of aromatic carboxylic acids is 1. The van der Waals surface area contributed by atoms with Gasteiger partial charge in [0.1, 0.15) is 5.01 Å². The molecule has 100 valence electrons. The van der Waals surface area contributed by atoms with E-state index in [1.54, 1.807) is 6.20 Å². The van der Waals surface area contributed by atoms with Crippen molar-refractivity contribution in [1.82, 2.24) is 10.3 Å². The molecule has 19 heavy (non-hydrogen) atoms. The maximum Gasteiger partial charge on any atom is 0.371 e. The van der Waals surface area contributed by atoms with Gasteiger partial charge in [-0.3, -0.25) is 4.79 Å². The Morgan fingerprint density at radius 3 is 2.74 bits per heavy atom. The summed E-state index contributed by atoms with van der Waals surface area (Å²) < 4.78 is 4.89. The zero-order valence-corrected chi connectivity index (χ0v) is 11.0. The number of hydrogen-bond donors (Lipinski definition) is 2. The van der Waals surface area contributed by atoms with Crippen LogP contribution < -0.4 is 5.32 Å². The van der Waals surface area contributed by atoms with E-state index in [9.17, 15) is 9.59 Å². The van der Waals surface area contributed by atoms with E-state index in [2.05, 4.69) is 10.3 Å². The van der Waals surface area contributed by atoms with Gasteiger partial charge in [-0.15, -0.1) is 11.3 Å². The van der Waals surface area contributed by atoms with Crippen molar-refractivity contribution < 1.29 is 19.1 Å². The summed E-state index contributed by atoms with van der Waals surface area (Å²) in [6.07, 6.45) is 2.69. The van der Waals surface area contributed by atoms with Crippen molar-refractivity contribution in [3.05, 3.63) is 39.7 Å². The first-order chi connectivity index (χ1) is 9.10. The molecule has 2 aromatic rings. The van der Waals surface area contributed by atoms with Crippen LogP contribution in [-0.2, 0) is 13.0 Å². The lowest BCUT2D eigenvalue weighted by atomic mass is 10.4. The van der Waals surface area contributed by atoms with Crippen LogP contribution in [0.15, 0.2) is 22.7 Å². The third-order valence-corrected chi connectivity index (χ3v) is 3.53. The Hall–Kier alpha value is -2.15. The number of nitrogens with zero attached hydrogens (tertiary/aromatic N) is 1. The summed E-state index contributed by atoms with van der Waals surface area (Å²) in [6.45, 7) is 2.33. The molecule has 0 saturated heterocycles. The van der Waals surface area contributed by atoms with Crippen LogP contribution >= 0.6 is 11.3 Å². The number of rotatable bonds is 5. The highest BCUT2D eigenvalue weighted by atomic mass is 32.1. The number of thiazole rings is 1. The van der Waals surface area contributed by atoms with Crippen molar-refractivity contribution in [2.24, 2.45) is 0 Å². The largest absolute Gasteiger partial charge is 0.475 e. The van der Waals surface area contributed by atoms with Crippen LogP contribution in [0.25, 0.3) is 0 Å². The van der Waals surface area contributed by atoms with Gasteiger partial charge >= 0.3 is 5.97 Å². The van der Waals surface area contributed by atoms with Crippen LogP contribution in [0.3, 0.4) is 0 Å². The monoisotopic (exact) mass is 280 g/mol. The fourth-order valence-corrected chi connectivity index (χ4v) is 2.21. The summed E-state index contributed by atoms with van der Waals surface area (Å²) in [5, 5.41) is 12.1. The zero-order valence-electron chi connectivity index (χ0n) is 10.2. The Bertz CT molecular complexity index is 602. The summed E-state index contributed by atoms with van der Waals surface area (Å²) in [6, 6.07) is 2.58. The fourth-order valence-electron chi connectivity index (χ4n) is 1.41. The normalized spacial score (nSPS) is 10.4. The molecule has 0 radical (unpaired) electrons. The zero-order chi connectivity index (χ0) is 13.8. The molecule has 0 atom stereocenters. The van der Waals surface area contributed by atoms with Crippen LogP contribution in [0, 0.1) is 0 Å². The van der Waals surface area contributed by atoms with Gasteiger partial charge in [0.05, 0.1) is 6.54 Å². The minimum absolute atomic E-state index is 0.0235. The van der Waals surface area contributed by atoms with Crippen LogP contribution in [0.1, 0.15) is 37.9 Å². The number of nitrogens with one attached hydrogen (secondary N) is 1. The number of amides is 1. The minimum Gasteiger partial charge on any atom is -0.475 e. The van der Waals surface area contributed by atoms with E-state index < -0.39 is 11.9 Å². The highest BCUT2D eigenvalue weighted by Crippen LogP contribution is 2.13. The summed E-state index contributed by atoms with van der Waals surface area (Å²) in [7, 11) is 0. The van der Waals surface area contributed by atoms with Gasteiger partial charge in [-0.1, -0.05) is 6.92 Å². The number of carboxylic acids is 1. The first-order valence-corrected chi connectivity index (χ1v) is 6.46. The lowest BCUT2D eigenvalue weighted by Gasteiger charge is -1.99. The third kappa shape index (κ3) is 3.19. The number of hydrogen-bond acceptors (Lipinski definition) is 5. The predicted molar refractivity (Wildman–Crippen MR) is 68.3 cm³/mol. The van der Waals surface area contributed by atoms with E-state index in [-0.39, 0.29) is 11.5 Å². The van der Waals surface area contributed by atoms with Gasteiger partial charge in [0.15, 0.2) is 5.76 Å². The van der Waals surface area contributed by atoms with Crippen molar-refractivity contribution in [3.8, 4) is 0 Å². The highest BCUT2D eigenvalue weighted by molar-refractivity contribution is 7.11. The average Bonchev–Trinajstić information content (AvgIpc) is 3.04. The Morgan fingerprint density at radius 1 is 1.42 bits per heavy atom. The van der Waals surface area contributed by atoms with E-state index in [1.807, 2.05) is 6.92 Å². The van der Waals surface area contributed by atoms with Crippen molar-refractivity contribution in [2.75, 3.05) is 0 Å². The maximum absolute atomic E-state index is 11.7. The molecule has 0 saturated carbocycles. The Balaban J connectivity index is 1.95. The molecule has 0 unspecified atom stereocenters. The fraction of sp³-hybridized carbons (Fsp3) is 0.250. The molecule has 0 aromatic carbocycles. The Labute approximate surface area is 113 Å². The van der Waals surface area contributed by atoms with Gasteiger partial charge in [-0.2, -0.15) is 0 Å². The van der Waals surface area contributed by atoms with E-state index in [0.717, 1.165) is 16.3 Å². The molecular weight excluding hydrogens is 268 g/mol. The first-order valence-electron chi connectivity index (χ1n) is 5.65. The number of carbonyl (C=O) groups is 2. The number of aryl methyl sites for hydroxylation is 1. The van der Waals surface area contributed by atoms with Crippen molar-refractivity contribution in [2.45, 2.75) is 19.9 Å². The molecule has 7 heteroatoms. The van der Waals surface area contributed by atoms with Crippen LogP contribution in [0.2, 0.25) is 0 Å². The van der Waals surface area contributed by atoms with Crippen molar-refractivity contribution in [3.63, 3.8) is 0 Å². The number of aromatic nitrogens is 1. The minimum atomic E-state index is -1.20. The second-order valence-electron chi connectivity index (χ2n) is 3.73. The molecule has 2 aromatic heterocycles. The van der Waals surface area contributed by atoms with Crippen LogP contribution in [-0.4, -0.2) is 22.0 Å². The van der Waals surface area contributed by atoms with E-state index in [1.165, 1.54) is 23.5 Å². The number of furan rings is 1. The standard InChI is InChI=1S/C12H12N2O4S/c1-2-7-5-13-10(19-7)6-14-11(15)8-3-4-9(18-8)12(16)17/h3-5H,2,6H2,1H3,(H,14,15)(H,16,17). The summed E-state index contributed by atoms with van der Waals surface area (Å²) in [5.74, 6) is -1.94. The lowest BCUT2D eigenvalue weighted by Crippen LogP contribution is -2.22. The molecule has 2 N–H and O–H groups in total. The SMILES string of the molecule is CCc1cnc(CNC(=O)c2ccc(C(=O)O)o2)s1. The topological polar surface area (TPSA) is 92.4 Å². The van der Waals surface area contributed by atoms with E-state index in [0.29, 0.717) is 6.54 Å². The van der Waals surface area contributed by atoms with Crippen molar-refractivity contribution in [1.29, 1.82) is 0 Å².